The molecule has 1 saturated heterocycles. The van der Waals surface area contributed by atoms with Crippen LogP contribution in [0, 0.1) is 11.3 Å². The third kappa shape index (κ3) is 2.23. The molecule has 108 valence electrons. The summed E-state index contributed by atoms with van der Waals surface area (Å²) >= 11 is 0. The molecule has 1 aromatic heterocycles. The quantitative estimate of drug-likeness (QED) is 0.696. The summed E-state index contributed by atoms with van der Waals surface area (Å²) in [6.07, 6.45) is -0.0473. The smallest absolute Gasteiger partial charge is 0.332 e. The second-order valence-electron chi connectivity index (χ2n) is 5.18. The standard InChI is InChI=1S/C13H18N4O3/c1-8-6-17(7-9(2)20-8)11-10(5-14)12(18)16(4)13(19)15(11)3/h8-9H,6-7H2,1-4H3/t8-,9-/m1/s1. The van der Waals surface area contributed by atoms with E-state index in [1.54, 1.807) is 7.05 Å². The van der Waals surface area contributed by atoms with Gasteiger partial charge in [-0.05, 0) is 13.8 Å². The highest BCUT2D eigenvalue weighted by atomic mass is 16.5. The first-order chi connectivity index (χ1) is 9.36. The summed E-state index contributed by atoms with van der Waals surface area (Å²) in [5, 5.41) is 9.26. The lowest BCUT2D eigenvalue weighted by atomic mass is 10.2. The highest BCUT2D eigenvalue weighted by Crippen LogP contribution is 2.20. The normalized spacial score (nSPS) is 22.6. The first-order valence-electron chi connectivity index (χ1n) is 6.47. The molecule has 1 fully saturated rings. The molecule has 1 aromatic rings. The van der Waals surface area contributed by atoms with Crippen molar-refractivity contribution in [3.05, 3.63) is 26.4 Å². The fraction of sp³-hybridized carbons (Fsp3) is 0.615. The molecule has 0 spiro atoms. The van der Waals surface area contributed by atoms with Gasteiger partial charge in [0.2, 0.25) is 0 Å². The number of morpholine rings is 1. The van der Waals surface area contributed by atoms with Gasteiger partial charge in [0.15, 0.2) is 5.56 Å². The van der Waals surface area contributed by atoms with Crippen molar-refractivity contribution in [3.8, 4) is 6.07 Å². The lowest BCUT2D eigenvalue weighted by Crippen LogP contribution is -2.50. The van der Waals surface area contributed by atoms with Gasteiger partial charge < -0.3 is 9.64 Å². The second-order valence-corrected chi connectivity index (χ2v) is 5.18. The third-order valence-corrected chi connectivity index (χ3v) is 3.46. The average Bonchev–Trinajstić information content (AvgIpc) is 2.39. The van der Waals surface area contributed by atoms with Crippen LogP contribution >= 0.6 is 0 Å². The van der Waals surface area contributed by atoms with Crippen molar-refractivity contribution in [1.29, 1.82) is 5.26 Å². The van der Waals surface area contributed by atoms with Crippen molar-refractivity contribution in [3.63, 3.8) is 0 Å². The Kier molecular flexibility index (Phi) is 3.68. The Morgan fingerprint density at radius 1 is 1.15 bits per heavy atom. The van der Waals surface area contributed by atoms with Gasteiger partial charge in [-0.2, -0.15) is 5.26 Å². The van der Waals surface area contributed by atoms with Gasteiger partial charge in [0.1, 0.15) is 11.9 Å². The molecule has 20 heavy (non-hydrogen) atoms. The maximum atomic E-state index is 12.1. The van der Waals surface area contributed by atoms with Crippen LogP contribution in [0.4, 0.5) is 5.82 Å². The third-order valence-electron chi connectivity index (χ3n) is 3.46. The average molecular weight is 278 g/mol. The molecule has 0 aliphatic carbocycles. The molecule has 1 aliphatic rings. The molecule has 2 atom stereocenters. The van der Waals surface area contributed by atoms with Gasteiger partial charge in [0, 0.05) is 27.2 Å². The fourth-order valence-electron chi connectivity index (χ4n) is 2.65. The Balaban J connectivity index is 2.65. The van der Waals surface area contributed by atoms with E-state index in [2.05, 4.69) is 0 Å². The molecule has 0 N–H and O–H groups in total. The molecule has 0 bridgehead atoms. The van der Waals surface area contributed by atoms with Crippen LogP contribution in [0.25, 0.3) is 0 Å². The Morgan fingerprint density at radius 2 is 1.70 bits per heavy atom. The summed E-state index contributed by atoms with van der Waals surface area (Å²) in [5.41, 5.74) is -0.996. The molecule has 0 aromatic carbocycles. The Hall–Kier alpha value is -2.07. The molecular formula is C13H18N4O3. The number of anilines is 1. The SMILES string of the molecule is C[C@@H]1CN(c2c(C#N)c(=O)n(C)c(=O)n2C)C[C@@H](C)O1. The van der Waals surface area contributed by atoms with Crippen molar-refractivity contribution in [2.75, 3.05) is 18.0 Å². The van der Waals surface area contributed by atoms with Crippen LogP contribution < -0.4 is 16.1 Å². The zero-order chi connectivity index (χ0) is 15.0. The largest absolute Gasteiger partial charge is 0.372 e. The Morgan fingerprint density at radius 3 is 2.20 bits per heavy atom. The predicted octanol–water partition coefficient (Wildman–Crippen LogP) is -0.431. The number of ether oxygens (including phenoxy) is 1. The van der Waals surface area contributed by atoms with Crippen molar-refractivity contribution in [1.82, 2.24) is 9.13 Å². The molecule has 7 heteroatoms. The fourth-order valence-corrected chi connectivity index (χ4v) is 2.65. The summed E-state index contributed by atoms with van der Waals surface area (Å²) in [6.45, 7) is 4.93. The lowest BCUT2D eigenvalue weighted by Gasteiger charge is -2.37. The summed E-state index contributed by atoms with van der Waals surface area (Å²) in [7, 11) is 2.95. The predicted molar refractivity (Wildman–Crippen MR) is 73.9 cm³/mol. The van der Waals surface area contributed by atoms with E-state index in [0.29, 0.717) is 18.9 Å². The van der Waals surface area contributed by atoms with E-state index in [-0.39, 0.29) is 17.8 Å². The maximum Gasteiger partial charge on any atom is 0.332 e. The molecule has 1 aliphatic heterocycles. The molecule has 0 radical (unpaired) electrons. The van der Waals surface area contributed by atoms with Gasteiger partial charge in [-0.15, -0.1) is 0 Å². The van der Waals surface area contributed by atoms with Gasteiger partial charge in [-0.1, -0.05) is 0 Å². The maximum absolute atomic E-state index is 12.1. The molecule has 2 heterocycles. The van der Waals surface area contributed by atoms with Gasteiger partial charge in [-0.3, -0.25) is 13.9 Å². The molecule has 7 nitrogen and oxygen atoms in total. The van der Waals surface area contributed by atoms with Gasteiger partial charge in [-0.25, -0.2) is 4.79 Å². The minimum absolute atomic E-state index is 0.00380. The topological polar surface area (TPSA) is 80.3 Å². The van der Waals surface area contributed by atoms with Crippen LogP contribution in [0.15, 0.2) is 9.59 Å². The van der Waals surface area contributed by atoms with Crippen LogP contribution in [0.1, 0.15) is 19.4 Å². The first kappa shape index (κ1) is 14.3. The van der Waals surface area contributed by atoms with Crippen LogP contribution in [0.2, 0.25) is 0 Å². The number of rotatable bonds is 1. The number of nitriles is 1. The van der Waals surface area contributed by atoms with E-state index < -0.39 is 11.2 Å². The minimum Gasteiger partial charge on any atom is -0.372 e. The van der Waals surface area contributed by atoms with E-state index in [1.807, 2.05) is 24.8 Å². The molecule has 0 saturated carbocycles. The summed E-state index contributed by atoms with van der Waals surface area (Å²) in [6, 6.07) is 1.92. The molecular weight excluding hydrogens is 260 g/mol. The van der Waals surface area contributed by atoms with Crippen molar-refractivity contribution >= 4 is 5.82 Å². The van der Waals surface area contributed by atoms with E-state index >= 15 is 0 Å². The Labute approximate surface area is 116 Å². The van der Waals surface area contributed by atoms with E-state index in [4.69, 9.17) is 4.74 Å². The first-order valence-corrected chi connectivity index (χ1v) is 6.47. The minimum atomic E-state index is -0.558. The number of hydrogen-bond donors (Lipinski definition) is 0. The van der Waals surface area contributed by atoms with Crippen molar-refractivity contribution in [2.45, 2.75) is 26.1 Å². The van der Waals surface area contributed by atoms with Gasteiger partial charge in [0.25, 0.3) is 5.56 Å². The highest BCUT2D eigenvalue weighted by Gasteiger charge is 2.27. The van der Waals surface area contributed by atoms with Crippen molar-refractivity contribution in [2.24, 2.45) is 14.1 Å². The van der Waals surface area contributed by atoms with Crippen LogP contribution in [0.3, 0.4) is 0 Å². The van der Waals surface area contributed by atoms with Crippen LogP contribution in [-0.2, 0) is 18.8 Å². The van der Waals surface area contributed by atoms with Crippen LogP contribution in [0.5, 0.6) is 0 Å². The summed E-state index contributed by atoms with van der Waals surface area (Å²) < 4.78 is 7.95. The summed E-state index contributed by atoms with van der Waals surface area (Å²) in [5.74, 6) is 0.377. The monoisotopic (exact) mass is 278 g/mol. The van der Waals surface area contributed by atoms with Crippen LogP contribution in [-0.4, -0.2) is 34.4 Å². The summed E-state index contributed by atoms with van der Waals surface area (Å²) in [4.78, 5) is 26.0. The second kappa shape index (κ2) is 5.13. The molecule has 0 unspecified atom stereocenters. The molecule has 2 rings (SSSR count). The lowest BCUT2D eigenvalue weighted by molar-refractivity contribution is -0.00570. The highest BCUT2D eigenvalue weighted by molar-refractivity contribution is 5.54. The zero-order valence-corrected chi connectivity index (χ0v) is 12.1. The van der Waals surface area contributed by atoms with Gasteiger partial charge >= 0.3 is 5.69 Å². The molecule has 0 amide bonds. The number of nitrogens with zero attached hydrogens (tertiary/aromatic N) is 4. The number of aromatic nitrogens is 2. The van der Waals surface area contributed by atoms with Gasteiger partial charge in [0.05, 0.1) is 12.2 Å². The zero-order valence-electron chi connectivity index (χ0n) is 12.1. The number of hydrogen-bond acceptors (Lipinski definition) is 5. The van der Waals surface area contributed by atoms with Crippen molar-refractivity contribution < 1.29 is 4.74 Å². The van der Waals surface area contributed by atoms with E-state index in [1.165, 1.54) is 11.6 Å². The van der Waals surface area contributed by atoms with E-state index in [0.717, 1.165) is 4.57 Å². The Bertz CT molecular complexity index is 673. The van der Waals surface area contributed by atoms with E-state index in [9.17, 15) is 14.9 Å².